The van der Waals surface area contributed by atoms with Crippen LogP contribution in [-0.4, -0.2) is 18.2 Å². The summed E-state index contributed by atoms with van der Waals surface area (Å²) in [6.07, 6.45) is 0.620. The van der Waals surface area contributed by atoms with E-state index in [0.29, 0.717) is 11.9 Å². The van der Waals surface area contributed by atoms with Gasteiger partial charge in [0.15, 0.2) is 11.5 Å². The Morgan fingerprint density at radius 2 is 1.28 bits per heavy atom. The maximum absolute atomic E-state index is 11.9. The van der Waals surface area contributed by atoms with E-state index in [0.717, 1.165) is 0 Å². The molecule has 1 aromatic heterocycles. The van der Waals surface area contributed by atoms with Gasteiger partial charge in [-0.05, 0) is 36.4 Å². The molecule has 1 heterocycles. The summed E-state index contributed by atoms with van der Waals surface area (Å²) in [6.45, 7) is 0. The molecule has 4 aromatic rings. The SMILES string of the molecule is COC(=O)c1cc(C[P+](c2ccccc2)(c2ccccc2)c2ccccc2)on1. The maximum Gasteiger partial charge on any atom is 0.360 e. The summed E-state index contributed by atoms with van der Waals surface area (Å²) in [4.78, 5) is 11.9. The van der Waals surface area contributed by atoms with E-state index in [1.54, 1.807) is 6.07 Å². The number of aromatic nitrogens is 1. The van der Waals surface area contributed by atoms with Crippen LogP contribution < -0.4 is 15.9 Å². The second-order valence-corrected chi connectivity index (χ2v) is 10.1. The molecular weight excluding hydrogens is 381 g/mol. The highest BCUT2D eigenvalue weighted by atomic mass is 31.2. The predicted molar refractivity (Wildman–Crippen MR) is 117 cm³/mol. The Balaban J connectivity index is 1.93. The van der Waals surface area contributed by atoms with Crippen molar-refractivity contribution in [3.05, 3.63) is 109 Å². The van der Waals surface area contributed by atoms with Gasteiger partial charge in [-0.15, -0.1) is 0 Å². The van der Waals surface area contributed by atoms with Crippen LogP contribution in [0.3, 0.4) is 0 Å². The Labute approximate surface area is 170 Å². The van der Waals surface area contributed by atoms with Gasteiger partial charge in [0.2, 0.25) is 0 Å². The fourth-order valence-electron chi connectivity index (χ4n) is 3.59. The number of benzene rings is 3. The first-order valence-corrected chi connectivity index (χ1v) is 11.3. The third kappa shape index (κ3) is 3.72. The van der Waals surface area contributed by atoms with Crippen molar-refractivity contribution in [2.24, 2.45) is 0 Å². The molecule has 0 unspecified atom stereocenters. The Hall–Kier alpha value is -3.23. The number of carbonyl (C=O) groups excluding carboxylic acids is 1. The van der Waals surface area contributed by atoms with Gasteiger partial charge in [-0.2, -0.15) is 0 Å². The van der Waals surface area contributed by atoms with E-state index in [1.807, 2.05) is 18.2 Å². The van der Waals surface area contributed by atoms with Gasteiger partial charge < -0.3 is 9.26 Å². The summed E-state index contributed by atoms with van der Waals surface area (Å²) < 4.78 is 10.4. The molecule has 0 aliphatic rings. The second-order valence-electron chi connectivity index (χ2n) is 6.64. The van der Waals surface area contributed by atoms with Crippen molar-refractivity contribution in [2.45, 2.75) is 6.16 Å². The van der Waals surface area contributed by atoms with Gasteiger partial charge in [0.05, 0.1) is 7.11 Å². The summed E-state index contributed by atoms with van der Waals surface area (Å²) in [7, 11) is -0.747. The highest BCUT2D eigenvalue weighted by Crippen LogP contribution is 2.58. The van der Waals surface area contributed by atoms with Gasteiger partial charge in [-0.1, -0.05) is 59.8 Å². The van der Waals surface area contributed by atoms with Crippen molar-refractivity contribution in [2.75, 3.05) is 7.11 Å². The van der Waals surface area contributed by atoms with Crippen LogP contribution in [0.2, 0.25) is 0 Å². The van der Waals surface area contributed by atoms with E-state index in [9.17, 15) is 4.79 Å². The van der Waals surface area contributed by atoms with Crippen molar-refractivity contribution in [3.63, 3.8) is 0 Å². The molecular formula is C24H21NO3P+. The fraction of sp³-hybridized carbons (Fsp3) is 0.0833. The van der Waals surface area contributed by atoms with Crippen LogP contribution in [0.4, 0.5) is 0 Å². The van der Waals surface area contributed by atoms with E-state index in [-0.39, 0.29) is 5.69 Å². The molecule has 0 spiro atoms. The van der Waals surface area contributed by atoms with E-state index in [4.69, 9.17) is 9.26 Å². The average Bonchev–Trinajstić information content (AvgIpc) is 3.27. The monoisotopic (exact) mass is 402 g/mol. The van der Waals surface area contributed by atoms with E-state index in [2.05, 4.69) is 78.0 Å². The van der Waals surface area contributed by atoms with Crippen molar-refractivity contribution in [1.29, 1.82) is 0 Å². The molecule has 0 saturated carbocycles. The molecule has 144 valence electrons. The minimum Gasteiger partial charge on any atom is -0.464 e. The second kappa shape index (κ2) is 8.42. The zero-order valence-corrected chi connectivity index (χ0v) is 17.0. The lowest BCUT2D eigenvalue weighted by atomic mass is 10.3. The molecule has 0 bridgehead atoms. The molecule has 5 heteroatoms. The van der Waals surface area contributed by atoms with Crippen LogP contribution in [0.15, 0.2) is 102 Å². The predicted octanol–water partition coefficient (Wildman–Crippen LogP) is 3.96. The molecule has 0 N–H and O–H groups in total. The van der Waals surface area contributed by atoms with Crippen LogP contribution in [-0.2, 0) is 10.9 Å². The zero-order valence-electron chi connectivity index (χ0n) is 16.1. The molecule has 0 fully saturated rings. The number of hydrogen-bond acceptors (Lipinski definition) is 4. The quantitative estimate of drug-likeness (QED) is 0.362. The third-order valence-corrected chi connectivity index (χ3v) is 9.26. The van der Waals surface area contributed by atoms with E-state index in [1.165, 1.54) is 23.0 Å². The van der Waals surface area contributed by atoms with Gasteiger partial charge in [-0.3, -0.25) is 0 Å². The Kier molecular flexibility index (Phi) is 5.55. The number of ether oxygens (including phenoxy) is 1. The fourth-order valence-corrected chi connectivity index (χ4v) is 7.69. The van der Waals surface area contributed by atoms with Crippen LogP contribution in [0.1, 0.15) is 16.2 Å². The molecule has 0 amide bonds. The zero-order chi connectivity index (χ0) is 20.1. The molecule has 0 aliphatic heterocycles. The van der Waals surface area contributed by atoms with Crippen molar-refractivity contribution >= 4 is 29.1 Å². The minimum atomic E-state index is -2.09. The summed E-state index contributed by atoms with van der Waals surface area (Å²) in [5, 5.41) is 7.65. The molecule has 0 radical (unpaired) electrons. The molecule has 29 heavy (non-hydrogen) atoms. The first kappa shape index (κ1) is 19.1. The number of rotatable bonds is 6. The Morgan fingerprint density at radius 1 is 0.828 bits per heavy atom. The van der Waals surface area contributed by atoms with Crippen LogP contribution in [0, 0.1) is 0 Å². The van der Waals surface area contributed by atoms with Crippen molar-refractivity contribution < 1.29 is 14.1 Å². The number of carbonyl (C=O) groups is 1. The van der Waals surface area contributed by atoms with Crippen LogP contribution >= 0.6 is 7.26 Å². The number of hydrogen-bond donors (Lipinski definition) is 0. The first-order chi connectivity index (χ1) is 14.2. The molecule has 3 aromatic carbocycles. The number of nitrogens with zero attached hydrogens (tertiary/aromatic N) is 1. The van der Waals surface area contributed by atoms with Gasteiger partial charge in [0.25, 0.3) is 0 Å². The standard InChI is InChI=1S/C24H21NO3P/c1-27-24(26)23-17-19(28-25-23)18-29(20-11-5-2-6-12-20,21-13-7-3-8-14-21)22-15-9-4-10-16-22/h2-17H,18H2,1H3/q+1. The van der Waals surface area contributed by atoms with Crippen LogP contribution in [0.5, 0.6) is 0 Å². The molecule has 4 nitrogen and oxygen atoms in total. The van der Waals surface area contributed by atoms with E-state index >= 15 is 0 Å². The molecule has 0 saturated heterocycles. The van der Waals surface area contributed by atoms with Gasteiger partial charge >= 0.3 is 5.97 Å². The summed E-state index contributed by atoms with van der Waals surface area (Å²) in [5.41, 5.74) is 0.190. The molecule has 0 aliphatic carbocycles. The summed E-state index contributed by atoms with van der Waals surface area (Å²) >= 11 is 0. The Morgan fingerprint density at radius 3 is 1.69 bits per heavy atom. The number of esters is 1. The number of methoxy groups -OCH3 is 1. The topological polar surface area (TPSA) is 52.3 Å². The van der Waals surface area contributed by atoms with Gasteiger partial charge in [0.1, 0.15) is 29.3 Å². The van der Waals surface area contributed by atoms with Gasteiger partial charge in [0, 0.05) is 6.07 Å². The third-order valence-electron chi connectivity index (χ3n) is 4.94. The lowest BCUT2D eigenvalue weighted by molar-refractivity contribution is 0.0589. The Bertz CT molecular complexity index is 982. The largest absolute Gasteiger partial charge is 0.464 e. The van der Waals surface area contributed by atoms with Gasteiger partial charge in [-0.25, -0.2) is 4.79 Å². The molecule has 0 atom stereocenters. The normalized spacial score (nSPS) is 11.2. The highest BCUT2D eigenvalue weighted by molar-refractivity contribution is 7.95. The minimum absolute atomic E-state index is 0.190. The maximum atomic E-state index is 11.9. The average molecular weight is 402 g/mol. The smallest absolute Gasteiger partial charge is 0.360 e. The van der Waals surface area contributed by atoms with Crippen molar-refractivity contribution in [3.8, 4) is 0 Å². The summed E-state index contributed by atoms with van der Waals surface area (Å²) in [5.74, 6) is 0.165. The van der Waals surface area contributed by atoms with Crippen LogP contribution in [0.25, 0.3) is 0 Å². The summed E-state index contributed by atoms with van der Waals surface area (Å²) in [6, 6.07) is 33.2. The highest BCUT2D eigenvalue weighted by Gasteiger charge is 2.46. The van der Waals surface area contributed by atoms with Crippen molar-refractivity contribution in [1.82, 2.24) is 5.16 Å². The van der Waals surface area contributed by atoms with E-state index < -0.39 is 13.2 Å². The molecule has 4 rings (SSSR count). The lowest BCUT2D eigenvalue weighted by Gasteiger charge is -2.26. The first-order valence-electron chi connectivity index (χ1n) is 9.33. The lowest BCUT2D eigenvalue weighted by Crippen LogP contribution is -2.32.